The zero-order valence-corrected chi connectivity index (χ0v) is 13.8. The monoisotopic (exact) mass is 327 g/mol. The first-order valence-corrected chi connectivity index (χ1v) is 8.90. The Hall–Kier alpha value is -2.58. The summed E-state index contributed by atoms with van der Waals surface area (Å²) in [7, 11) is -3.23. The lowest BCUT2D eigenvalue weighted by Gasteiger charge is -2.07. The van der Waals surface area contributed by atoms with Crippen LogP contribution in [0.5, 0.6) is 0 Å². The Morgan fingerprint density at radius 1 is 1.13 bits per heavy atom. The van der Waals surface area contributed by atoms with Crippen molar-refractivity contribution in [3.63, 3.8) is 0 Å². The molecule has 2 rings (SSSR count). The van der Waals surface area contributed by atoms with Crippen molar-refractivity contribution >= 4 is 15.7 Å². The fourth-order valence-electron chi connectivity index (χ4n) is 2.11. The van der Waals surface area contributed by atoms with Gasteiger partial charge in [0.2, 0.25) is 0 Å². The molecule has 1 N–H and O–H groups in total. The van der Waals surface area contributed by atoms with Crippen molar-refractivity contribution in [1.82, 2.24) is 5.32 Å². The van der Waals surface area contributed by atoms with Gasteiger partial charge in [-0.15, -0.1) is 0 Å². The topological polar surface area (TPSA) is 63.2 Å². The summed E-state index contributed by atoms with van der Waals surface area (Å²) >= 11 is 0. The summed E-state index contributed by atoms with van der Waals surface area (Å²) in [6.07, 6.45) is 1.18. The molecule has 0 radical (unpaired) electrons. The first-order valence-electron chi connectivity index (χ1n) is 7.01. The highest BCUT2D eigenvalue weighted by Gasteiger charge is 2.10. The predicted molar refractivity (Wildman–Crippen MR) is 89.5 cm³/mol. The Kier molecular flexibility index (Phi) is 5.20. The first-order chi connectivity index (χ1) is 10.9. The molecule has 118 valence electrons. The van der Waals surface area contributed by atoms with Crippen LogP contribution in [0.15, 0.2) is 53.4 Å². The average molecular weight is 327 g/mol. The van der Waals surface area contributed by atoms with Crippen LogP contribution in [0, 0.1) is 18.8 Å². The van der Waals surface area contributed by atoms with E-state index < -0.39 is 9.84 Å². The van der Waals surface area contributed by atoms with Gasteiger partial charge in [0, 0.05) is 24.3 Å². The van der Waals surface area contributed by atoms with Crippen LogP contribution in [0.1, 0.15) is 16.7 Å². The minimum absolute atomic E-state index is 0.299. The Bertz CT molecular complexity index is 875. The van der Waals surface area contributed by atoms with E-state index in [1.807, 2.05) is 30.3 Å². The van der Waals surface area contributed by atoms with Gasteiger partial charge in [0.1, 0.15) is 0 Å². The molecule has 0 saturated heterocycles. The minimum Gasteiger partial charge on any atom is -0.341 e. The van der Waals surface area contributed by atoms with Gasteiger partial charge in [0.15, 0.2) is 9.84 Å². The number of sulfone groups is 1. The Balaban J connectivity index is 2.00. The molecule has 23 heavy (non-hydrogen) atoms. The van der Waals surface area contributed by atoms with Gasteiger partial charge in [0.25, 0.3) is 5.91 Å². The molecule has 0 fully saturated rings. The van der Waals surface area contributed by atoms with Crippen LogP contribution < -0.4 is 5.32 Å². The van der Waals surface area contributed by atoms with E-state index in [1.54, 1.807) is 25.1 Å². The second-order valence-electron chi connectivity index (χ2n) is 5.17. The minimum atomic E-state index is -3.23. The molecule has 0 saturated carbocycles. The summed E-state index contributed by atoms with van der Waals surface area (Å²) in [4.78, 5) is 12.0. The molecule has 0 bridgehead atoms. The van der Waals surface area contributed by atoms with Gasteiger partial charge in [-0.25, -0.2) is 8.42 Å². The smallest absolute Gasteiger partial charge is 0.296 e. The fraction of sp³-hybridized carbons (Fsp3) is 0.167. The quantitative estimate of drug-likeness (QED) is 0.878. The molecule has 0 heterocycles. The third kappa shape index (κ3) is 4.97. The van der Waals surface area contributed by atoms with Crippen LogP contribution in [0.2, 0.25) is 0 Å². The van der Waals surface area contributed by atoms with Crippen molar-refractivity contribution in [1.29, 1.82) is 0 Å². The van der Waals surface area contributed by atoms with Crippen LogP contribution in [-0.4, -0.2) is 20.6 Å². The van der Waals surface area contributed by atoms with Gasteiger partial charge in [-0.05, 0) is 36.2 Å². The summed E-state index contributed by atoms with van der Waals surface area (Å²) in [5.74, 6) is 4.93. The van der Waals surface area contributed by atoms with Crippen molar-refractivity contribution < 1.29 is 13.2 Å². The normalized spacial score (nSPS) is 10.5. The van der Waals surface area contributed by atoms with Crippen molar-refractivity contribution in [2.75, 3.05) is 6.26 Å². The number of rotatable bonds is 3. The van der Waals surface area contributed by atoms with Crippen LogP contribution in [0.25, 0.3) is 0 Å². The molecule has 2 aromatic rings. The third-order valence-corrected chi connectivity index (χ3v) is 4.44. The first kappa shape index (κ1) is 16.8. The van der Waals surface area contributed by atoms with Gasteiger partial charge in [-0.3, -0.25) is 4.79 Å². The number of carbonyl (C=O) groups is 1. The van der Waals surface area contributed by atoms with Crippen LogP contribution in [0.4, 0.5) is 0 Å². The van der Waals surface area contributed by atoms with E-state index in [2.05, 4.69) is 17.2 Å². The summed E-state index contributed by atoms with van der Waals surface area (Å²) in [5, 5.41) is 2.69. The lowest BCUT2D eigenvalue weighted by Crippen LogP contribution is -2.20. The molecule has 2 aromatic carbocycles. The fourth-order valence-corrected chi connectivity index (χ4v) is 3.07. The lowest BCUT2D eigenvalue weighted by atomic mass is 10.1. The molecule has 0 atom stereocenters. The van der Waals surface area contributed by atoms with E-state index in [1.165, 1.54) is 6.26 Å². The standard InChI is InChI=1S/C18H17NO3S/c1-14-12-16(8-10-17(14)23(2,21)22)13-19-18(20)11-9-15-6-4-3-5-7-15/h3-8,10,12H,13H2,1-2H3,(H,19,20). The predicted octanol–water partition coefficient (Wildman–Crippen LogP) is 2.07. The molecule has 0 aromatic heterocycles. The maximum absolute atomic E-state index is 11.7. The summed E-state index contributed by atoms with van der Waals surface area (Å²) in [6, 6.07) is 14.2. The van der Waals surface area contributed by atoms with E-state index in [0.29, 0.717) is 17.0 Å². The summed E-state index contributed by atoms with van der Waals surface area (Å²) in [5.41, 5.74) is 2.26. The van der Waals surface area contributed by atoms with Crippen molar-refractivity contribution in [2.45, 2.75) is 18.4 Å². The molecular formula is C18H17NO3S. The Labute approximate surface area is 136 Å². The SMILES string of the molecule is Cc1cc(CNC(=O)C#Cc2ccccc2)ccc1S(C)(=O)=O. The van der Waals surface area contributed by atoms with Crippen LogP contribution in [0.3, 0.4) is 0 Å². The molecule has 5 heteroatoms. The highest BCUT2D eigenvalue weighted by molar-refractivity contribution is 7.90. The lowest BCUT2D eigenvalue weighted by molar-refractivity contribution is -0.115. The van der Waals surface area contributed by atoms with Crippen molar-refractivity contribution in [2.24, 2.45) is 0 Å². The number of nitrogens with one attached hydrogen (secondary N) is 1. The van der Waals surface area contributed by atoms with Crippen LogP contribution >= 0.6 is 0 Å². The number of hydrogen-bond acceptors (Lipinski definition) is 3. The molecule has 0 unspecified atom stereocenters. The van der Waals surface area contributed by atoms with E-state index in [4.69, 9.17) is 0 Å². The summed E-state index contributed by atoms with van der Waals surface area (Å²) in [6.45, 7) is 2.03. The molecule has 0 aliphatic rings. The number of amides is 1. The maximum atomic E-state index is 11.7. The van der Waals surface area contributed by atoms with E-state index in [9.17, 15) is 13.2 Å². The van der Waals surface area contributed by atoms with Crippen molar-refractivity contribution in [3.8, 4) is 11.8 Å². The molecule has 1 amide bonds. The van der Waals surface area contributed by atoms with Gasteiger partial charge < -0.3 is 5.32 Å². The number of benzene rings is 2. The molecule has 0 spiro atoms. The number of carbonyl (C=O) groups excluding carboxylic acids is 1. The largest absolute Gasteiger partial charge is 0.341 e. The van der Waals surface area contributed by atoms with E-state index in [0.717, 1.165) is 11.1 Å². The number of aryl methyl sites for hydroxylation is 1. The summed E-state index contributed by atoms with van der Waals surface area (Å²) < 4.78 is 23.1. The van der Waals surface area contributed by atoms with E-state index in [-0.39, 0.29) is 5.91 Å². The Morgan fingerprint density at radius 3 is 2.43 bits per heavy atom. The third-order valence-electron chi connectivity index (χ3n) is 3.19. The average Bonchev–Trinajstić information content (AvgIpc) is 2.50. The molecule has 4 nitrogen and oxygen atoms in total. The van der Waals surface area contributed by atoms with Gasteiger partial charge in [-0.1, -0.05) is 36.3 Å². The van der Waals surface area contributed by atoms with Crippen LogP contribution in [-0.2, 0) is 21.2 Å². The second kappa shape index (κ2) is 7.12. The highest BCUT2D eigenvalue weighted by Crippen LogP contribution is 2.16. The van der Waals surface area contributed by atoms with Gasteiger partial charge in [-0.2, -0.15) is 0 Å². The zero-order chi connectivity index (χ0) is 16.9. The van der Waals surface area contributed by atoms with Crippen molar-refractivity contribution in [3.05, 3.63) is 65.2 Å². The Morgan fingerprint density at radius 2 is 1.83 bits per heavy atom. The van der Waals surface area contributed by atoms with Gasteiger partial charge in [0.05, 0.1) is 4.90 Å². The molecular weight excluding hydrogens is 310 g/mol. The van der Waals surface area contributed by atoms with Gasteiger partial charge >= 0.3 is 0 Å². The molecule has 0 aliphatic carbocycles. The molecule has 0 aliphatic heterocycles. The second-order valence-corrected chi connectivity index (χ2v) is 7.15. The van der Waals surface area contributed by atoms with E-state index >= 15 is 0 Å². The number of hydrogen-bond donors (Lipinski definition) is 1. The highest BCUT2D eigenvalue weighted by atomic mass is 32.2. The zero-order valence-electron chi connectivity index (χ0n) is 13.0. The maximum Gasteiger partial charge on any atom is 0.296 e.